The molecule has 2 aliphatic rings. The van der Waals surface area contributed by atoms with E-state index in [1.54, 1.807) is 6.08 Å². The number of rotatable bonds is 6. The minimum absolute atomic E-state index is 0.0207. The van der Waals surface area contributed by atoms with Gasteiger partial charge in [0.1, 0.15) is 0 Å². The zero-order valence-corrected chi connectivity index (χ0v) is 19.6. The molecule has 178 valence electrons. The number of carbonyl (C=O) groups is 3. The van der Waals surface area contributed by atoms with Gasteiger partial charge in [-0.15, -0.1) is 0 Å². The molecule has 2 aromatic carbocycles. The molecular formula is C27H32N4O3. The van der Waals surface area contributed by atoms with Crippen LogP contribution in [0.2, 0.25) is 0 Å². The number of hydrogen-bond acceptors (Lipinski definition) is 3. The number of urea groups is 1. The quantitative estimate of drug-likeness (QED) is 0.634. The molecule has 7 nitrogen and oxygen atoms in total. The Morgan fingerprint density at radius 3 is 2.50 bits per heavy atom. The van der Waals surface area contributed by atoms with Gasteiger partial charge in [-0.05, 0) is 68.0 Å². The molecule has 2 fully saturated rings. The second kappa shape index (κ2) is 11.0. The molecule has 1 atom stereocenters. The maximum atomic E-state index is 12.7. The normalized spacial score (nSPS) is 18.4. The van der Waals surface area contributed by atoms with Gasteiger partial charge in [0.2, 0.25) is 11.8 Å². The monoisotopic (exact) mass is 460 g/mol. The second-order valence-electron chi connectivity index (χ2n) is 9.07. The van der Waals surface area contributed by atoms with Gasteiger partial charge < -0.3 is 20.4 Å². The lowest BCUT2D eigenvalue weighted by atomic mass is 9.98. The molecule has 2 N–H and O–H groups in total. The lowest BCUT2D eigenvalue weighted by molar-refractivity contribution is -0.127. The van der Waals surface area contributed by atoms with Crippen LogP contribution in [0.15, 0.2) is 54.6 Å². The van der Waals surface area contributed by atoms with Crippen molar-refractivity contribution < 1.29 is 14.4 Å². The van der Waals surface area contributed by atoms with E-state index in [2.05, 4.69) is 10.6 Å². The van der Waals surface area contributed by atoms with E-state index < -0.39 is 0 Å². The molecule has 2 aliphatic heterocycles. The van der Waals surface area contributed by atoms with Crippen LogP contribution in [0.1, 0.15) is 36.8 Å². The van der Waals surface area contributed by atoms with Crippen molar-refractivity contribution in [2.24, 2.45) is 5.92 Å². The van der Waals surface area contributed by atoms with Crippen LogP contribution in [0.3, 0.4) is 0 Å². The molecule has 4 rings (SSSR count). The molecule has 4 amide bonds. The average molecular weight is 461 g/mol. The highest BCUT2D eigenvalue weighted by atomic mass is 16.2. The van der Waals surface area contributed by atoms with Gasteiger partial charge in [0.25, 0.3) is 0 Å². The molecule has 2 heterocycles. The minimum Gasteiger partial charge on any atom is -0.339 e. The maximum Gasteiger partial charge on any atom is 0.319 e. The molecule has 0 aliphatic carbocycles. The first kappa shape index (κ1) is 23.5. The minimum atomic E-state index is -0.230. The molecule has 34 heavy (non-hydrogen) atoms. The number of nitrogens with zero attached hydrogens (tertiary/aromatic N) is 2. The van der Waals surface area contributed by atoms with Crippen LogP contribution in [-0.4, -0.2) is 48.9 Å². The Balaban J connectivity index is 1.24. The van der Waals surface area contributed by atoms with Crippen molar-refractivity contribution in [2.75, 3.05) is 36.4 Å². The van der Waals surface area contributed by atoms with Crippen LogP contribution < -0.4 is 15.5 Å². The maximum absolute atomic E-state index is 12.7. The van der Waals surface area contributed by atoms with E-state index in [4.69, 9.17) is 0 Å². The largest absolute Gasteiger partial charge is 0.339 e. The summed E-state index contributed by atoms with van der Waals surface area (Å²) >= 11 is 0. The van der Waals surface area contributed by atoms with Gasteiger partial charge in [0.15, 0.2) is 0 Å². The first-order valence-corrected chi connectivity index (χ1v) is 12.0. The van der Waals surface area contributed by atoms with Crippen molar-refractivity contribution in [3.8, 4) is 0 Å². The van der Waals surface area contributed by atoms with Crippen LogP contribution in [0.4, 0.5) is 16.2 Å². The summed E-state index contributed by atoms with van der Waals surface area (Å²) in [6.07, 6.45) is 6.84. The summed E-state index contributed by atoms with van der Waals surface area (Å²) in [5.41, 5.74) is 3.73. The number of amides is 4. The highest BCUT2D eigenvalue weighted by molar-refractivity contribution is 5.95. The van der Waals surface area contributed by atoms with E-state index in [1.165, 1.54) is 0 Å². The lowest BCUT2D eigenvalue weighted by Crippen LogP contribution is -2.43. The van der Waals surface area contributed by atoms with Gasteiger partial charge in [-0.1, -0.05) is 29.8 Å². The Kier molecular flexibility index (Phi) is 7.62. The van der Waals surface area contributed by atoms with Crippen LogP contribution in [0, 0.1) is 12.8 Å². The highest BCUT2D eigenvalue weighted by Crippen LogP contribution is 2.22. The van der Waals surface area contributed by atoms with Gasteiger partial charge >= 0.3 is 6.03 Å². The topological polar surface area (TPSA) is 81.8 Å². The Morgan fingerprint density at radius 2 is 1.79 bits per heavy atom. The van der Waals surface area contributed by atoms with Crippen molar-refractivity contribution in [1.82, 2.24) is 10.2 Å². The Bertz CT molecular complexity index is 1050. The van der Waals surface area contributed by atoms with Crippen molar-refractivity contribution in [3.05, 3.63) is 65.7 Å². The SMILES string of the molecule is Cc1ccc(NC(=O)NCC2CCCN(C(=O)/C=C/c3ccc(N4CCCC4=O)cc3)C2)cc1. The number of carbonyl (C=O) groups excluding carboxylic acids is 3. The van der Waals surface area contributed by atoms with E-state index in [-0.39, 0.29) is 23.8 Å². The Hall–Kier alpha value is -3.61. The van der Waals surface area contributed by atoms with E-state index in [0.29, 0.717) is 19.5 Å². The zero-order chi connectivity index (χ0) is 23.9. The third kappa shape index (κ3) is 6.25. The highest BCUT2D eigenvalue weighted by Gasteiger charge is 2.23. The standard InChI is InChI=1S/C27H32N4O3/c1-20-6-11-23(12-7-20)29-27(34)28-18-22-4-2-16-30(19-22)25(32)15-10-21-8-13-24(14-9-21)31-17-3-5-26(31)33/h6-15,22H,2-5,16-19H2,1H3,(H2,28,29,34)/b15-10+. The lowest BCUT2D eigenvalue weighted by Gasteiger charge is -2.32. The summed E-state index contributed by atoms with van der Waals surface area (Å²) in [6.45, 7) is 4.66. The number of benzene rings is 2. The third-order valence-electron chi connectivity index (χ3n) is 6.39. The summed E-state index contributed by atoms with van der Waals surface area (Å²) in [4.78, 5) is 40.5. The van der Waals surface area contributed by atoms with Gasteiger partial charge in [-0.25, -0.2) is 4.79 Å². The second-order valence-corrected chi connectivity index (χ2v) is 9.07. The van der Waals surface area contributed by atoms with Crippen molar-refractivity contribution in [2.45, 2.75) is 32.6 Å². The van der Waals surface area contributed by atoms with E-state index in [1.807, 2.05) is 71.3 Å². The summed E-state index contributed by atoms with van der Waals surface area (Å²) in [6, 6.07) is 15.2. The predicted octanol–water partition coefficient (Wildman–Crippen LogP) is 4.20. The molecular weight excluding hydrogens is 428 g/mol. The first-order chi connectivity index (χ1) is 16.5. The number of anilines is 2. The number of nitrogens with one attached hydrogen (secondary N) is 2. The fourth-order valence-corrected chi connectivity index (χ4v) is 4.44. The van der Waals surface area contributed by atoms with Crippen molar-refractivity contribution >= 4 is 35.3 Å². The molecule has 0 radical (unpaired) electrons. The summed E-state index contributed by atoms with van der Waals surface area (Å²) in [5.74, 6) is 0.375. The van der Waals surface area contributed by atoms with Crippen LogP contribution in [0.5, 0.6) is 0 Å². The fraction of sp³-hybridized carbons (Fsp3) is 0.370. The van der Waals surface area contributed by atoms with Crippen LogP contribution >= 0.6 is 0 Å². The smallest absolute Gasteiger partial charge is 0.319 e. The van der Waals surface area contributed by atoms with E-state index in [9.17, 15) is 14.4 Å². The van der Waals surface area contributed by atoms with Gasteiger partial charge in [0, 0.05) is 50.1 Å². The summed E-state index contributed by atoms with van der Waals surface area (Å²) in [5, 5.41) is 5.77. The number of piperidine rings is 1. The molecule has 1 unspecified atom stereocenters. The molecule has 0 saturated carbocycles. The third-order valence-corrected chi connectivity index (χ3v) is 6.39. The first-order valence-electron chi connectivity index (χ1n) is 12.0. The summed E-state index contributed by atoms with van der Waals surface area (Å²) < 4.78 is 0. The van der Waals surface area contributed by atoms with E-state index >= 15 is 0 Å². The van der Waals surface area contributed by atoms with Crippen LogP contribution in [0.25, 0.3) is 6.08 Å². The molecule has 2 saturated heterocycles. The Morgan fingerprint density at radius 1 is 1.03 bits per heavy atom. The molecule has 2 aromatic rings. The number of hydrogen-bond donors (Lipinski definition) is 2. The van der Waals surface area contributed by atoms with Crippen molar-refractivity contribution in [1.29, 1.82) is 0 Å². The average Bonchev–Trinajstić information content (AvgIpc) is 3.29. The van der Waals surface area contributed by atoms with Gasteiger partial charge in [0.05, 0.1) is 0 Å². The number of aryl methyl sites for hydroxylation is 1. The fourth-order valence-electron chi connectivity index (χ4n) is 4.44. The predicted molar refractivity (Wildman–Crippen MR) is 135 cm³/mol. The molecule has 0 spiro atoms. The van der Waals surface area contributed by atoms with Crippen LogP contribution in [-0.2, 0) is 9.59 Å². The zero-order valence-electron chi connectivity index (χ0n) is 19.6. The Labute approximate surface area is 200 Å². The van der Waals surface area contributed by atoms with Gasteiger partial charge in [-0.3, -0.25) is 9.59 Å². The van der Waals surface area contributed by atoms with E-state index in [0.717, 1.165) is 54.9 Å². The van der Waals surface area contributed by atoms with Gasteiger partial charge in [-0.2, -0.15) is 0 Å². The molecule has 7 heteroatoms. The molecule has 0 bridgehead atoms. The van der Waals surface area contributed by atoms with Crippen molar-refractivity contribution in [3.63, 3.8) is 0 Å². The summed E-state index contributed by atoms with van der Waals surface area (Å²) in [7, 11) is 0. The number of likely N-dealkylation sites (tertiary alicyclic amines) is 1. The molecule has 0 aromatic heterocycles.